The maximum absolute atomic E-state index is 13.0. The quantitative estimate of drug-likeness (QED) is 0.856. The maximum Gasteiger partial charge on any atom is 0.303 e. The van der Waals surface area contributed by atoms with Crippen molar-refractivity contribution in [1.29, 1.82) is 0 Å². The number of nitrogens with zero attached hydrogens (tertiary/aromatic N) is 2. The highest BCUT2D eigenvalue weighted by Crippen LogP contribution is 2.22. The number of carbonyl (C=O) groups excluding carboxylic acids is 1. The number of hydrogen-bond donors (Lipinski definition) is 1. The highest BCUT2D eigenvalue weighted by molar-refractivity contribution is 5.92. The molecule has 5 nitrogen and oxygen atoms in total. The lowest BCUT2D eigenvalue weighted by atomic mass is 9.92. The molecule has 1 aliphatic heterocycles. The molecule has 0 saturated carbocycles. The average molecular weight is 280 g/mol. The van der Waals surface area contributed by atoms with E-state index < -0.39 is 11.9 Å². The molecule has 1 fully saturated rings. The van der Waals surface area contributed by atoms with Gasteiger partial charge in [0.2, 0.25) is 5.95 Å². The normalized spacial score (nSPS) is 16.1. The van der Waals surface area contributed by atoms with Gasteiger partial charge in [-0.15, -0.1) is 0 Å². The lowest BCUT2D eigenvalue weighted by Crippen LogP contribution is -2.39. The van der Waals surface area contributed by atoms with Gasteiger partial charge in [-0.1, -0.05) is 6.07 Å². The van der Waals surface area contributed by atoms with Gasteiger partial charge in [-0.25, -0.2) is 4.98 Å². The van der Waals surface area contributed by atoms with Gasteiger partial charge in [-0.3, -0.25) is 9.59 Å². The molecule has 1 aliphatic rings. The molecule has 1 amide bonds. The number of amides is 1. The molecule has 2 heterocycles. The largest absolute Gasteiger partial charge is 0.481 e. The second-order valence-electron chi connectivity index (χ2n) is 5.01. The highest BCUT2D eigenvalue weighted by Gasteiger charge is 2.24. The monoisotopic (exact) mass is 280 g/mol. The van der Waals surface area contributed by atoms with Crippen LogP contribution >= 0.6 is 0 Å². The molecule has 0 atom stereocenters. The van der Waals surface area contributed by atoms with Crippen LogP contribution in [-0.4, -0.2) is 40.0 Å². The zero-order valence-corrected chi connectivity index (χ0v) is 11.1. The van der Waals surface area contributed by atoms with Gasteiger partial charge in [0.1, 0.15) is 5.69 Å². The molecule has 0 aromatic carbocycles. The van der Waals surface area contributed by atoms with E-state index in [1.54, 1.807) is 4.90 Å². The molecular formula is C14H17FN2O3. The summed E-state index contributed by atoms with van der Waals surface area (Å²) in [5.41, 5.74) is 0.119. The van der Waals surface area contributed by atoms with E-state index in [-0.39, 0.29) is 18.0 Å². The van der Waals surface area contributed by atoms with Gasteiger partial charge in [0, 0.05) is 19.5 Å². The van der Waals surface area contributed by atoms with Crippen LogP contribution in [0.3, 0.4) is 0 Å². The van der Waals surface area contributed by atoms with Gasteiger partial charge in [-0.2, -0.15) is 4.39 Å². The molecule has 0 aliphatic carbocycles. The standard InChI is InChI=1S/C14H17FN2O3/c15-12-3-1-2-11(16-12)14(20)17-8-6-10(7-9-17)4-5-13(18)19/h1-3,10H,4-9H2,(H,18,19). The summed E-state index contributed by atoms with van der Waals surface area (Å²) < 4.78 is 13.0. The fourth-order valence-corrected chi connectivity index (χ4v) is 2.44. The van der Waals surface area contributed by atoms with E-state index >= 15 is 0 Å². The van der Waals surface area contributed by atoms with Crippen LogP contribution in [0.4, 0.5) is 4.39 Å². The van der Waals surface area contributed by atoms with Gasteiger partial charge < -0.3 is 10.0 Å². The van der Waals surface area contributed by atoms with E-state index in [9.17, 15) is 14.0 Å². The van der Waals surface area contributed by atoms with Crippen molar-refractivity contribution < 1.29 is 19.1 Å². The highest BCUT2D eigenvalue weighted by atomic mass is 19.1. The Bertz CT molecular complexity index is 499. The molecule has 0 unspecified atom stereocenters. The van der Waals surface area contributed by atoms with Crippen LogP contribution in [0, 0.1) is 11.9 Å². The third-order valence-electron chi connectivity index (χ3n) is 3.60. The van der Waals surface area contributed by atoms with Crippen LogP contribution in [0.5, 0.6) is 0 Å². The number of carboxylic acids is 1. The minimum atomic E-state index is -0.785. The van der Waals surface area contributed by atoms with Gasteiger partial charge >= 0.3 is 5.97 Å². The fourth-order valence-electron chi connectivity index (χ4n) is 2.44. The summed E-state index contributed by atoms with van der Waals surface area (Å²) in [6, 6.07) is 4.17. The average Bonchev–Trinajstić information content (AvgIpc) is 2.45. The first-order valence-electron chi connectivity index (χ1n) is 6.70. The van der Waals surface area contributed by atoms with E-state index in [2.05, 4.69) is 4.98 Å². The molecule has 108 valence electrons. The Morgan fingerprint density at radius 1 is 1.35 bits per heavy atom. The van der Waals surface area contributed by atoms with Crippen LogP contribution in [0.25, 0.3) is 0 Å². The van der Waals surface area contributed by atoms with E-state index in [0.29, 0.717) is 25.4 Å². The lowest BCUT2D eigenvalue weighted by molar-refractivity contribution is -0.137. The Morgan fingerprint density at radius 2 is 2.05 bits per heavy atom. The van der Waals surface area contributed by atoms with Gasteiger partial charge in [0.25, 0.3) is 5.91 Å². The molecule has 2 rings (SSSR count). The van der Waals surface area contributed by atoms with Crippen molar-refractivity contribution in [3.63, 3.8) is 0 Å². The van der Waals surface area contributed by atoms with Crippen LogP contribution in [-0.2, 0) is 4.79 Å². The maximum atomic E-state index is 13.0. The summed E-state index contributed by atoms with van der Waals surface area (Å²) in [4.78, 5) is 27.9. The second-order valence-corrected chi connectivity index (χ2v) is 5.01. The molecule has 1 N–H and O–H groups in total. The smallest absolute Gasteiger partial charge is 0.303 e. The van der Waals surface area contributed by atoms with Crippen molar-refractivity contribution in [3.8, 4) is 0 Å². The Labute approximate surface area is 116 Å². The van der Waals surface area contributed by atoms with Crippen LogP contribution in [0.2, 0.25) is 0 Å². The Kier molecular flexibility index (Phi) is 4.65. The molecular weight excluding hydrogens is 263 g/mol. The minimum absolute atomic E-state index is 0.119. The number of aliphatic carboxylic acids is 1. The van der Waals surface area contributed by atoms with Gasteiger partial charge in [-0.05, 0) is 37.3 Å². The first-order valence-corrected chi connectivity index (χ1v) is 6.70. The van der Waals surface area contributed by atoms with E-state index in [0.717, 1.165) is 12.8 Å². The van der Waals surface area contributed by atoms with Crippen molar-refractivity contribution in [3.05, 3.63) is 29.8 Å². The number of aromatic nitrogens is 1. The number of hydrogen-bond acceptors (Lipinski definition) is 3. The Morgan fingerprint density at radius 3 is 2.65 bits per heavy atom. The predicted molar refractivity (Wildman–Crippen MR) is 69.7 cm³/mol. The topological polar surface area (TPSA) is 70.5 Å². The molecule has 6 heteroatoms. The molecule has 1 aromatic rings. The number of halogens is 1. The number of carboxylic acid groups (broad SMARTS) is 1. The Balaban J connectivity index is 1.87. The van der Waals surface area contributed by atoms with Gasteiger partial charge in [0.05, 0.1) is 0 Å². The van der Waals surface area contributed by atoms with E-state index in [4.69, 9.17) is 5.11 Å². The van der Waals surface area contributed by atoms with Crippen molar-refractivity contribution in [2.24, 2.45) is 5.92 Å². The zero-order valence-electron chi connectivity index (χ0n) is 11.1. The third-order valence-corrected chi connectivity index (χ3v) is 3.60. The minimum Gasteiger partial charge on any atom is -0.481 e. The predicted octanol–water partition coefficient (Wildman–Crippen LogP) is 1.94. The summed E-state index contributed by atoms with van der Waals surface area (Å²) in [5.74, 6) is -1.36. The molecule has 1 aromatic heterocycles. The summed E-state index contributed by atoms with van der Waals surface area (Å²) in [6.45, 7) is 1.14. The molecule has 0 radical (unpaired) electrons. The summed E-state index contributed by atoms with van der Waals surface area (Å²) in [7, 11) is 0. The van der Waals surface area contributed by atoms with E-state index in [1.807, 2.05) is 0 Å². The summed E-state index contributed by atoms with van der Waals surface area (Å²) >= 11 is 0. The van der Waals surface area contributed by atoms with Crippen molar-refractivity contribution in [1.82, 2.24) is 9.88 Å². The molecule has 0 spiro atoms. The first-order chi connectivity index (χ1) is 9.56. The molecule has 20 heavy (non-hydrogen) atoms. The van der Waals surface area contributed by atoms with E-state index in [1.165, 1.54) is 18.2 Å². The number of rotatable bonds is 4. The van der Waals surface area contributed by atoms with Crippen molar-refractivity contribution in [2.45, 2.75) is 25.7 Å². The van der Waals surface area contributed by atoms with Crippen molar-refractivity contribution >= 4 is 11.9 Å². The molecule has 1 saturated heterocycles. The molecule has 0 bridgehead atoms. The summed E-state index contributed by atoms with van der Waals surface area (Å²) in [5, 5.41) is 8.65. The van der Waals surface area contributed by atoms with Crippen molar-refractivity contribution in [2.75, 3.05) is 13.1 Å². The zero-order chi connectivity index (χ0) is 14.5. The summed E-state index contributed by atoms with van der Waals surface area (Å²) in [6.07, 6.45) is 2.39. The van der Waals surface area contributed by atoms with Crippen LogP contribution in [0.15, 0.2) is 18.2 Å². The SMILES string of the molecule is O=C(O)CCC1CCN(C(=O)c2cccc(F)n2)CC1. The first kappa shape index (κ1) is 14.4. The fraction of sp³-hybridized carbons (Fsp3) is 0.500. The second kappa shape index (κ2) is 6.45. The number of likely N-dealkylation sites (tertiary alicyclic amines) is 1. The lowest BCUT2D eigenvalue weighted by Gasteiger charge is -2.31. The van der Waals surface area contributed by atoms with Crippen LogP contribution in [0.1, 0.15) is 36.2 Å². The third kappa shape index (κ3) is 3.76. The van der Waals surface area contributed by atoms with Crippen LogP contribution < -0.4 is 0 Å². The number of pyridine rings is 1. The number of carbonyl (C=O) groups is 2. The van der Waals surface area contributed by atoms with Gasteiger partial charge in [0.15, 0.2) is 0 Å². The Hall–Kier alpha value is -1.98. The number of piperidine rings is 1.